The molecular formula is C13H15N3O3S2. The maximum Gasteiger partial charge on any atom is 0.263 e. The zero-order chi connectivity index (χ0) is 15.0. The maximum atomic E-state index is 12.2. The van der Waals surface area contributed by atoms with E-state index in [-0.39, 0.29) is 23.3 Å². The van der Waals surface area contributed by atoms with Gasteiger partial charge in [-0.2, -0.15) is 0 Å². The van der Waals surface area contributed by atoms with Crippen molar-refractivity contribution in [2.75, 3.05) is 23.8 Å². The highest BCUT2D eigenvalue weighted by Crippen LogP contribution is 2.31. The van der Waals surface area contributed by atoms with Crippen molar-refractivity contribution in [3.8, 4) is 0 Å². The molecule has 0 bridgehead atoms. The highest BCUT2D eigenvalue weighted by atomic mass is 32.2. The van der Waals surface area contributed by atoms with E-state index >= 15 is 0 Å². The van der Waals surface area contributed by atoms with Crippen LogP contribution in [0.3, 0.4) is 0 Å². The number of anilines is 1. The van der Waals surface area contributed by atoms with E-state index in [4.69, 9.17) is 5.73 Å². The summed E-state index contributed by atoms with van der Waals surface area (Å²) in [6, 6.07) is 3.60. The van der Waals surface area contributed by atoms with Gasteiger partial charge in [-0.1, -0.05) is 0 Å². The fourth-order valence-electron chi connectivity index (χ4n) is 2.47. The largest absolute Gasteiger partial charge is 0.397 e. The third-order valence-corrected chi connectivity index (χ3v) is 6.55. The molecule has 3 rings (SSSR count). The molecule has 3 N–H and O–H groups in total. The summed E-state index contributed by atoms with van der Waals surface area (Å²) in [5.74, 6) is 0.0895. The highest BCUT2D eigenvalue weighted by molar-refractivity contribution is 7.91. The Morgan fingerprint density at radius 3 is 3.00 bits per heavy atom. The van der Waals surface area contributed by atoms with Gasteiger partial charge in [-0.25, -0.2) is 13.4 Å². The predicted octanol–water partition coefficient (Wildman–Crippen LogP) is 1.04. The summed E-state index contributed by atoms with van der Waals surface area (Å²) in [6.45, 7) is 0.360. The van der Waals surface area contributed by atoms with Gasteiger partial charge in [-0.15, -0.1) is 11.3 Å². The molecule has 1 fully saturated rings. The smallest absolute Gasteiger partial charge is 0.263 e. The average Bonchev–Trinajstić information content (AvgIpc) is 2.97. The first-order valence-corrected chi connectivity index (χ1v) is 9.22. The minimum absolute atomic E-state index is 0.00678. The van der Waals surface area contributed by atoms with E-state index < -0.39 is 9.84 Å². The number of nitrogens with one attached hydrogen (secondary N) is 1. The van der Waals surface area contributed by atoms with Gasteiger partial charge in [0.15, 0.2) is 9.84 Å². The fourth-order valence-corrected chi connectivity index (χ4v) is 5.31. The Morgan fingerprint density at radius 2 is 2.33 bits per heavy atom. The molecule has 1 atom stereocenters. The van der Waals surface area contributed by atoms with Crippen molar-refractivity contribution in [2.45, 2.75) is 6.42 Å². The van der Waals surface area contributed by atoms with E-state index in [1.807, 2.05) is 6.07 Å². The van der Waals surface area contributed by atoms with Gasteiger partial charge >= 0.3 is 0 Å². The van der Waals surface area contributed by atoms with E-state index in [2.05, 4.69) is 10.3 Å². The average molecular weight is 325 g/mol. The van der Waals surface area contributed by atoms with Crippen molar-refractivity contribution in [3.05, 3.63) is 23.2 Å². The Labute approximate surface area is 126 Å². The number of rotatable bonds is 3. The summed E-state index contributed by atoms with van der Waals surface area (Å²) < 4.78 is 22.8. The number of hydrogen-bond donors (Lipinski definition) is 2. The van der Waals surface area contributed by atoms with Crippen LogP contribution in [0.5, 0.6) is 0 Å². The van der Waals surface area contributed by atoms with Crippen LogP contribution in [0.25, 0.3) is 10.2 Å². The molecule has 0 radical (unpaired) electrons. The van der Waals surface area contributed by atoms with Crippen LogP contribution in [-0.4, -0.2) is 37.4 Å². The number of hydrogen-bond acceptors (Lipinski definition) is 6. The summed E-state index contributed by atoms with van der Waals surface area (Å²) in [4.78, 5) is 17.5. The molecule has 1 saturated heterocycles. The molecule has 2 aromatic rings. The summed E-state index contributed by atoms with van der Waals surface area (Å²) in [5.41, 5.74) is 6.41. The van der Waals surface area contributed by atoms with Crippen LogP contribution < -0.4 is 11.1 Å². The van der Waals surface area contributed by atoms with Crippen molar-refractivity contribution in [1.29, 1.82) is 0 Å². The van der Waals surface area contributed by atoms with Gasteiger partial charge in [-0.05, 0) is 24.5 Å². The molecule has 0 aliphatic carbocycles. The lowest BCUT2D eigenvalue weighted by atomic mass is 10.1. The Balaban J connectivity index is 1.71. The van der Waals surface area contributed by atoms with Gasteiger partial charge in [0.05, 0.1) is 17.2 Å². The molecule has 112 valence electrons. The molecular weight excluding hydrogens is 310 g/mol. The minimum Gasteiger partial charge on any atom is -0.397 e. The number of carbonyl (C=O) groups excluding carboxylic acids is 1. The molecule has 8 heteroatoms. The van der Waals surface area contributed by atoms with Crippen LogP contribution in [0.4, 0.5) is 5.69 Å². The van der Waals surface area contributed by atoms with Gasteiger partial charge in [-0.3, -0.25) is 4.79 Å². The van der Waals surface area contributed by atoms with E-state index in [9.17, 15) is 13.2 Å². The van der Waals surface area contributed by atoms with Crippen molar-refractivity contribution >= 4 is 43.0 Å². The van der Waals surface area contributed by atoms with Crippen molar-refractivity contribution in [2.24, 2.45) is 5.92 Å². The highest BCUT2D eigenvalue weighted by Gasteiger charge is 2.28. The first-order chi connectivity index (χ1) is 9.96. The van der Waals surface area contributed by atoms with Crippen LogP contribution in [0.15, 0.2) is 18.3 Å². The Hall–Kier alpha value is -1.67. The first-order valence-electron chi connectivity index (χ1n) is 6.58. The Bertz CT molecular complexity index is 798. The zero-order valence-corrected chi connectivity index (χ0v) is 12.8. The molecule has 3 heterocycles. The third-order valence-electron chi connectivity index (χ3n) is 3.59. The molecule has 1 unspecified atom stereocenters. The summed E-state index contributed by atoms with van der Waals surface area (Å²) >= 11 is 1.25. The molecule has 6 nitrogen and oxygen atoms in total. The van der Waals surface area contributed by atoms with Crippen LogP contribution in [0.2, 0.25) is 0 Å². The van der Waals surface area contributed by atoms with E-state index in [1.165, 1.54) is 11.3 Å². The number of aromatic nitrogens is 1. The molecule has 0 spiro atoms. The summed E-state index contributed by atoms with van der Waals surface area (Å²) in [5, 5.41) is 3.55. The van der Waals surface area contributed by atoms with Crippen molar-refractivity contribution in [1.82, 2.24) is 10.3 Å². The van der Waals surface area contributed by atoms with E-state index in [1.54, 1.807) is 12.3 Å². The number of nitrogen functional groups attached to an aromatic ring is 1. The van der Waals surface area contributed by atoms with Crippen LogP contribution in [-0.2, 0) is 9.84 Å². The number of nitrogens with two attached hydrogens (primary N) is 1. The normalized spacial score (nSPS) is 20.7. The second kappa shape index (κ2) is 5.27. The standard InChI is InChI=1S/C13H15N3O3S2/c14-10-9-2-1-4-15-13(9)20-11(10)12(17)16-6-8-3-5-21(18,19)7-8/h1-2,4,8H,3,5-7,14H2,(H,16,17). The van der Waals surface area contributed by atoms with Crippen molar-refractivity contribution in [3.63, 3.8) is 0 Å². The number of nitrogens with zero attached hydrogens (tertiary/aromatic N) is 1. The van der Waals surface area contributed by atoms with Gasteiger partial charge in [0.2, 0.25) is 0 Å². The quantitative estimate of drug-likeness (QED) is 0.878. The van der Waals surface area contributed by atoms with Crippen LogP contribution in [0.1, 0.15) is 16.1 Å². The first kappa shape index (κ1) is 14.3. The van der Waals surface area contributed by atoms with Gasteiger partial charge in [0.25, 0.3) is 5.91 Å². The molecule has 21 heavy (non-hydrogen) atoms. The lowest BCUT2D eigenvalue weighted by Gasteiger charge is -2.09. The molecule has 1 amide bonds. The van der Waals surface area contributed by atoms with Gasteiger partial charge in [0.1, 0.15) is 9.71 Å². The maximum absolute atomic E-state index is 12.2. The Morgan fingerprint density at radius 1 is 1.52 bits per heavy atom. The lowest BCUT2D eigenvalue weighted by molar-refractivity contribution is 0.0953. The molecule has 2 aromatic heterocycles. The van der Waals surface area contributed by atoms with Crippen LogP contribution in [0, 0.1) is 5.92 Å². The van der Waals surface area contributed by atoms with Gasteiger partial charge in [0, 0.05) is 18.1 Å². The van der Waals surface area contributed by atoms with Crippen LogP contribution >= 0.6 is 11.3 Å². The predicted molar refractivity (Wildman–Crippen MR) is 83.1 cm³/mol. The number of sulfone groups is 1. The SMILES string of the molecule is Nc1c(C(=O)NCC2CCS(=O)(=O)C2)sc2ncccc12. The Kier molecular flexibility index (Phi) is 3.58. The fraction of sp³-hybridized carbons (Fsp3) is 0.385. The number of thiophene rings is 1. The van der Waals surface area contributed by atoms with E-state index in [0.29, 0.717) is 23.5 Å². The zero-order valence-electron chi connectivity index (χ0n) is 11.2. The number of fused-ring (bicyclic) bond motifs is 1. The topological polar surface area (TPSA) is 102 Å². The lowest BCUT2D eigenvalue weighted by Crippen LogP contribution is -2.29. The second-order valence-electron chi connectivity index (χ2n) is 5.18. The summed E-state index contributed by atoms with van der Waals surface area (Å²) in [6.07, 6.45) is 2.26. The third kappa shape index (κ3) is 2.86. The van der Waals surface area contributed by atoms with E-state index in [0.717, 1.165) is 10.2 Å². The molecule has 1 aliphatic rings. The number of pyridine rings is 1. The molecule has 0 aromatic carbocycles. The number of amides is 1. The second-order valence-corrected chi connectivity index (χ2v) is 8.41. The monoisotopic (exact) mass is 325 g/mol. The molecule has 0 saturated carbocycles. The minimum atomic E-state index is -2.92. The van der Waals surface area contributed by atoms with Gasteiger partial charge < -0.3 is 11.1 Å². The summed E-state index contributed by atoms with van der Waals surface area (Å²) in [7, 11) is -2.92. The number of carbonyl (C=O) groups is 1. The molecule has 1 aliphatic heterocycles. The van der Waals surface area contributed by atoms with Crippen molar-refractivity contribution < 1.29 is 13.2 Å².